The summed E-state index contributed by atoms with van der Waals surface area (Å²) in [6.45, 7) is 2.02. The summed E-state index contributed by atoms with van der Waals surface area (Å²) in [6, 6.07) is 22.7. The first kappa shape index (κ1) is 18.4. The zero-order valence-electron chi connectivity index (χ0n) is 15.8. The largest absolute Gasteiger partial charge is 0.457 e. The van der Waals surface area contributed by atoms with Crippen LogP contribution < -0.4 is 10.1 Å². The van der Waals surface area contributed by atoms with Crippen LogP contribution in [0.2, 0.25) is 0 Å². The van der Waals surface area contributed by atoms with Gasteiger partial charge in [-0.15, -0.1) is 5.10 Å². The molecule has 0 saturated heterocycles. The molecule has 1 heterocycles. The number of anilines is 1. The van der Waals surface area contributed by atoms with Gasteiger partial charge < -0.3 is 10.1 Å². The van der Waals surface area contributed by atoms with Crippen molar-refractivity contribution in [2.45, 2.75) is 13.3 Å². The van der Waals surface area contributed by atoms with E-state index in [4.69, 9.17) is 4.74 Å². The smallest absolute Gasteiger partial charge is 0.228 e. The molecule has 0 fully saturated rings. The Kier molecular flexibility index (Phi) is 5.29. The normalized spacial score (nSPS) is 10.5. The maximum Gasteiger partial charge on any atom is 0.228 e. The van der Waals surface area contributed by atoms with E-state index >= 15 is 0 Å². The number of hydrogen-bond acceptors (Lipinski definition) is 5. The van der Waals surface area contributed by atoms with E-state index in [-0.39, 0.29) is 12.3 Å². The molecule has 0 radical (unpaired) electrons. The number of tetrazole rings is 1. The predicted octanol–water partition coefficient (Wildman–Crippen LogP) is 3.94. The Morgan fingerprint density at radius 2 is 1.79 bits per heavy atom. The Bertz CT molecular complexity index is 1090. The second-order valence-corrected chi connectivity index (χ2v) is 6.59. The van der Waals surface area contributed by atoms with Crippen molar-refractivity contribution in [3.05, 3.63) is 90.3 Å². The summed E-state index contributed by atoms with van der Waals surface area (Å²) in [5.41, 5.74) is 3.59. The quantitative estimate of drug-likeness (QED) is 0.544. The molecular weight excluding hydrogens is 366 g/mol. The van der Waals surface area contributed by atoms with Crippen LogP contribution in [0.3, 0.4) is 0 Å². The fourth-order valence-electron chi connectivity index (χ4n) is 2.86. The molecule has 0 saturated carbocycles. The zero-order valence-corrected chi connectivity index (χ0v) is 15.8. The summed E-state index contributed by atoms with van der Waals surface area (Å²) in [6.07, 6.45) is 1.80. The van der Waals surface area contributed by atoms with Crippen molar-refractivity contribution in [3.63, 3.8) is 0 Å². The van der Waals surface area contributed by atoms with Crippen LogP contribution in [0, 0.1) is 6.92 Å². The van der Waals surface area contributed by atoms with Gasteiger partial charge in [0.2, 0.25) is 5.91 Å². The van der Waals surface area contributed by atoms with Crippen LogP contribution >= 0.6 is 0 Å². The topological polar surface area (TPSA) is 81.9 Å². The number of carbonyl (C=O) groups is 1. The van der Waals surface area contributed by atoms with E-state index < -0.39 is 0 Å². The summed E-state index contributed by atoms with van der Waals surface area (Å²) in [5, 5.41) is 14.0. The molecule has 29 heavy (non-hydrogen) atoms. The van der Waals surface area contributed by atoms with Crippen LogP contribution in [0.1, 0.15) is 11.1 Å². The lowest BCUT2D eigenvalue weighted by Gasteiger charge is -2.09. The Morgan fingerprint density at radius 3 is 2.48 bits per heavy atom. The fourth-order valence-corrected chi connectivity index (χ4v) is 2.86. The first-order chi connectivity index (χ1) is 14.2. The predicted molar refractivity (Wildman–Crippen MR) is 109 cm³/mol. The number of amides is 1. The maximum absolute atomic E-state index is 12.3. The molecule has 1 N–H and O–H groups in total. The highest BCUT2D eigenvalue weighted by Crippen LogP contribution is 2.23. The molecule has 0 aliphatic carbocycles. The second-order valence-electron chi connectivity index (χ2n) is 6.59. The summed E-state index contributed by atoms with van der Waals surface area (Å²) < 4.78 is 7.39. The highest BCUT2D eigenvalue weighted by atomic mass is 16.5. The van der Waals surface area contributed by atoms with Crippen molar-refractivity contribution in [2.24, 2.45) is 0 Å². The first-order valence-corrected chi connectivity index (χ1v) is 9.12. The van der Waals surface area contributed by atoms with Gasteiger partial charge in [0.1, 0.15) is 17.8 Å². The van der Waals surface area contributed by atoms with E-state index in [1.165, 1.54) is 6.33 Å². The molecule has 3 aromatic carbocycles. The van der Waals surface area contributed by atoms with Gasteiger partial charge in [-0.25, -0.2) is 4.68 Å². The number of ether oxygens (including phenoxy) is 1. The van der Waals surface area contributed by atoms with Crippen LogP contribution in [-0.4, -0.2) is 26.1 Å². The van der Waals surface area contributed by atoms with Crippen LogP contribution in [0.15, 0.2) is 79.1 Å². The van der Waals surface area contributed by atoms with E-state index in [1.54, 1.807) is 4.68 Å². The van der Waals surface area contributed by atoms with Crippen molar-refractivity contribution >= 4 is 11.6 Å². The van der Waals surface area contributed by atoms with Gasteiger partial charge >= 0.3 is 0 Å². The molecule has 1 aromatic heterocycles. The van der Waals surface area contributed by atoms with Crippen molar-refractivity contribution in [1.29, 1.82) is 0 Å². The standard InChI is InChI=1S/C22H19N5O2/c1-16-3-2-4-21(13-16)29-20-11-7-18(8-12-20)24-22(28)14-17-5-9-19(10-6-17)27-15-23-25-26-27/h2-13,15H,14H2,1H3,(H,24,28). The number of carbonyl (C=O) groups excluding carboxylic acids is 1. The zero-order chi connectivity index (χ0) is 20.1. The Morgan fingerprint density at radius 1 is 1.00 bits per heavy atom. The lowest BCUT2D eigenvalue weighted by molar-refractivity contribution is -0.115. The van der Waals surface area contributed by atoms with Crippen molar-refractivity contribution in [1.82, 2.24) is 20.2 Å². The second kappa shape index (κ2) is 8.35. The molecule has 0 bridgehead atoms. The molecule has 1 amide bonds. The number of rotatable bonds is 6. The minimum Gasteiger partial charge on any atom is -0.457 e. The van der Waals surface area contributed by atoms with Gasteiger partial charge in [0.15, 0.2) is 0 Å². The number of nitrogens with one attached hydrogen (secondary N) is 1. The van der Waals surface area contributed by atoms with E-state index in [2.05, 4.69) is 20.8 Å². The average Bonchev–Trinajstić information content (AvgIpc) is 3.25. The molecule has 7 heteroatoms. The number of aryl methyl sites for hydroxylation is 1. The lowest BCUT2D eigenvalue weighted by atomic mass is 10.1. The van der Waals surface area contributed by atoms with Crippen LogP contribution in [0.4, 0.5) is 5.69 Å². The van der Waals surface area contributed by atoms with Gasteiger partial charge in [0, 0.05) is 5.69 Å². The fraction of sp³-hybridized carbons (Fsp3) is 0.0909. The minimum atomic E-state index is -0.0903. The van der Waals surface area contributed by atoms with Gasteiger partial charge in [-0.2, -0.15) is 0 Å². The summed E-state index contributed by atoms with van der Waals surface area (Å²) >= 11 is 0. The highest BCUT2D eigenvalue weighted by molar-refractivity contribution is 5.92. The Labute approximate surface area is 168 Å². The summed E-state index contributed by atoms with van der Waals surface area (Å²) in [4.78, 5) is 12.3. The molecular formula is C22H19N5O2. The molecule has 4 aromatic rings. The number of aromatic nitrogens is 4. The number of hydrogen-bond donors (Lipinski definition) is 1. The van der Waals surface area contributed by atoms with Crippen LogP contribution in [-0.2, 0) is 11.2 Å². The van der Waals surface area contributed by atoms with E-state index in [0.29, 0.717) is 5.75 Å². The number of nitrogens with zero attached hydrogens (tertiary/aromatic N) is 4. The van der Waals surface area contributed by atoms with Gasteiger partial charge in [-0.05, 0) is 77.0 Å². The van der Waals surface area contributed by atoms with E-state index in [9.17, 15) is 4.79 Å². The third-order valence-corrected chi connectivity index (χ3v) is 4.28. The van der Waals surface area contributed by atoms with Crippen LogP contribution in [0.5, 0.6) is 11.5 Å². The third-order valence-electron chi connectivity index (χ3n) is 4.28. The molecule has 0 aliphatic heterocycles. The monoisotopic (exact) mass is 385 g/mol. The third kappa shape index (κ3) is 4.84. The molecule has 144 valence electrons. The molecule has 7 nitrogen and oxygen atoms in total. The highest BCUT2D eigenvalue weighted by Gasteiger charge is 2.06. The van der Waals surface area contributed by atoms with Crippen molar-refractivity contribution in [2.75, 3.05) is 5.32 Å². The maximum atomic E-state index is 12.3. The molecule has 0 aliphatic rings. The van der Waals surface area contributed by atoms with Crippen molar-refractivity contribution in [3.8, 4) is 17.2 Å². The van der Waals surface area contributed by atoms with Gasteiger partial charge in [-0.3, -0.25) is 4.79 Å². The SMILES string of the molecule is Cc1cccc(Oc2ccc(NC(=O)Cc3ccc(-n4cnnn4)cc3)cc2)c1. The van der Waals surface area contributed by atoms with Crippen molar-refractivity contribution < 1.29 is 9.53 Å². The Hall–Kier alpha value is -4.00. The lowest BCUT2D eigenvalue weighted by Crippen LogP contribution is -2.14. The van der Waals surface area contributed by atoms with Crippen LogP contribution in [0.25, 0.3) is 5.69 Å². The van der Waals surface area contributed by atoms with Gasteiger partial charge in [0.05, 0.1) is 12.1 Å². The average molecular weight is 385 g/mol. The minimum absolute atomic E-state index is 0.0903. The van der Waals surface area contributed by atoms with E-state index in [1.807, 2.05) is 79.7 Å². The summed E-state index contributed by atoms with van der Waals surface area (Å²) in [7, 11) is 0. The Balaban J connectivity index is 1.33. The first-order valence-electron chi connectivity index (χ1n) is 9.12. The van der Waals surface area contributed by atoms with Gasteiger partial charge in [0.25, 0.3) is 0 Å². The molecule has 0 spiro atoms. The van der Waals surface area contributed by atoms with E-state index in [0.717, 1.165) is 28.3 Å². The molecule has 0 atom stereocenters. The number of benzene rings is 3. The summed E-state index contributed by atoms with van der Waals surface area (Å²) in [5.74, 6) is 1.41. The van der Waals surface area contributed by atoms with Gasteiger partial charge in [-0.1, -0.05) is 24.3 Å². The molecule has 0 unspecified atom stereocenters. The molecule has 4 rings (SSSR count).